The van der Waals surface area contributed by atoms with E-state index in [0.717, 1.165) is 40.9 Å². The summed E-state index contributed by atoms with van der Waals surface area (Å²) in [6.07, 6.45) is 1.96. The van der Waals surface area contributed by atoms with Crippen LogP contribution < -0.4 is 15.4 Å². The van der Waals surface area contributed by atoms with Gasteiger partial charge < -0.3 is 15.4 Å². The van der Waals surface area contributed by atoms with E-state index >= 15 is 0 Å². The van der Waals surface area contributed by atoms with Gasteiger partial charge in [0, 0.05) is 12.7 Å². The second kappa shape index (κ2) is 9.02. The molecule has 0 spiro atoms. The van der Waals surface area contributed by atoms with Gasteiger partial charge in [0.1, 0.15) is 5.75 Å². The summed E-state index contributed by atoms with van der Waals surface area (Å²) in [6, 6.07) is 12.0. The highest BCUT2D eigenvalue weighted by Crippen LogP contribution is 2.19. The molecule has 2 heterocycles. The van der Waals surface area contributed by atoms with Gasteiger partial charge in [0.15, 0.2) is 17.4 Å². The smallest absolute Gasteiger partial charge is 0.191 e. The van der Waals surface area contributed by atoms with Crippen molar-refractivity contribution in [1.82, 2.24) is 25.2 Å². The van der Waals surface area contributed by atoms with Crippen molar-refractivity contribution in [2.75, 3.05) is 13.2 Å². The van der Waals surface area contributed by atoms with Crippen LogP contribution in [-0.2, 0) is 13.1 Å². The third kappa shape index (κ3) is 4.75. The van der Waals surface area contributed by atoms with Crippen LogP contribution in [0, 0.1) is 6.92 Å². The quantitative estimate of drug-likeness (QED) is 0.497. The Morgan fingerprint density at radius 1 is 1.15 bits per heavy atom. The molecule has 27 heavy (non-hydrogen) atoms. The lowest BCUT2D eigenvalue weighted by molar-refractivity contribution is 0.338. The van der Waals surface area contributed by atoms with Crippen LogP contribution in [0.25, 0.3) is 5.65 Å². The lowest BCUT2D eigenvalue weighted by Crippen LogP contribution is -2.37. The van der Waals surface area contributed by atoms with E-state index in [1.807, 2.05) is 48.7 Å². The van der Waals surface area contributed by atoms with E-state index in [1.165, 1.54) is 0 Å². The first-order valence-electron chi connectivity index (χ1n) is 9.24. The second-order valence-electron chi connectivity index (χ2n) is 6.13. The molecular formula is C20H26N6O. The molecule has 1 aromatic carbocycles. The van der Waals surface area contributed by atoms with Gasteiger partial charge in [-0.2, -0.15) is 0 Å². The Hall–Kier alpha value is -3.09. The number of aliphatic imine (C=N–C) groups is 1. The van der Waals surface area contributed by atoms with Crippen LogP contribution in [0.3, 0.4) is 0 Å². The van der Waals surface area contributed by atoms with Crippen LogP contribution in [0.5, 0.6) is 5.75 Å². The Kier molecular flexibility index (Phi) is 6.25. The van der Waals surface area contributed by atoms with Crippen molar-refractivity contribution in [3.63, 3.8) is 0 Å². The zero-order valence-corrected chi connectivity index (χ0v) is 16.1. The van der Waals surface area contributed by atoms with Crippen molar-refractivity contribution >= 4 is 11.6 Å². The fourth-order valence-corrected chi connectivity index (χ4v) is 2.81. The number of ether oxygens (including phenoxy) is 1. The number of hydrogen-bond donors (Lipinski definition) is 2. The van der Waals surface area contributed by atoms with E-state index in [4.69, 9.17) is 4.74 Å². The van der Waals surface area contributed by atoms with Gasteiger partial charge in [-0.05, 0) is 50.1 Å². The van der Waals surface area contributed by atoms with Gasteiger partial charge in [-0.15, -0.1) is 10.2 Å². The van der Waals surface area contributed by atoms with Gasteiger partial charge in [-0.3, -0.25) is 4.40 Å². The molecule has 0 amide bonds. The molecule has 2 aromatic heterocycles. The van der Waals surface area contributed by atoms with Gasteiger partial charge in [0.05, 0.1) is 19.7 Å². The van der Waals surface area contributed by atoms with Gasteiger partial charge in [-0.1, -0.05) is 18.2 Å². The molecule has 0 bridgehead atoms. The van der Waals surface area contributed by atoms with Crippen molar-refractivity contribution in [2.45, 2.75) is 33.9 Å². The number of benzene rings is 1. The van der Waals surface area contributed by atoms with E-state index in [2.05, 4.69) is 44.9 Å². The summed E-state index contributed by atoms with van der Waals surface area (Å²) in [7, 11) is 0. The lowest BCUT2D eigenvalue weighted by atomic mass is 10.1. The third-order valence-corrected chi connectivity index (χ3v) is 4.10. The molecule has 0 unspecified atom stereocenters. The van der Waals surface area contributed by atoms with Crippen molar-refractivity contribution in [3.8, 4) is 5.75 Å². The summed E-state index contributed by atoms with van der Waals surface area (Å²) in [6.45, 7) is 8.68. The van der Waals surface area contributed by atoms with E-state index in [1.54, 1.807) is 0 Å². The van der Waals surface area contributed by atoms with Crippen LogP contribution in [0.2, 0.25) is 0 Å². The molecule has 0 saturated heterocycles. The largest absolute Gasteiger partial charge is 0.494 e. The molecule has 0 aliphatic heterocycles. The molecule has 0 aliphatic carbocycles. The van der Waals surface area contributed by atoms with Crippen LogP contribution >= 0.6 is 0 Å². The number of rotatable bonds is 7. The number of nitrogens with zero attached hydrogens (tertiary/aromatic N) is 4. The Morgan fingerprint density at radius 3 is 2.81 bits per heavy atom. The van der Waals surface area contributed by atoms with E-state index < -0.39 is 0 Å². The lowest BCUT2D eigenvalue weighted by Gasteiger charge is -2.11. The zero-order chi connectivity index (χ0) is 19.1. The maximum atomic E-state index is 5.60. The van der Waals surface area contributed by atoms with Gasteiger partial charge in [-0.25, -0.2) is 4.99 Å². The van der Waals surface area contributed by atoms with Crippen molar-refractivity contribution in [2.24, 2.45) is 4.99 Å². The normalized spacial score (nSPS) is 11.6. The highest BCUT2D eigenvalue weighted by molar-refractivity contribution is 5.79. The number of hydrogen-bond acceptors (Lipinski definition) is 4. The highest BCUT2D eigenvalue weighted by atomic mass is 16.5. The number of pyridine rings is 1. The summed E-state index contributed by atoms with van der Waals surface area (Å²) in [5.74, 6) is 2.51. The molecule has 0 radical (unpaired) electrons. The standard InChI is InChI=1S/C20H26N6O/c1-4-21-20(22-13-16-9-10-17(27-5-2)15(3)12-16)23-14-19-25-24-18-8-6-7-11-26(18)19/h6-12H,4-5,13-14H2,1-3H3,(H2,21,22,23). The maximum Gasteiger partial charge on any atom is 0.191 e. The van der Waals surface area contributed by atoms with Crippen LogP contribution in [0.4, 0.5) is 0 Å². The molecule has 7 heteroatoms. The summed E-state index contributed by atoms with van der Waals surface area (Å²) in [5.41, 5.74) is 3.10. The Balaban J connectivity index is 1.66. The monoisotopic (exact) mass is 366 g/mol. The minimum Gasteiger partial charge on any atom is -0.494 e. The second-order valence-corrected chi connectivity index (χ2v) is 6.13. The first-order chi connectivity index (χ1) is 13.2. The van der Waals surface area contributed by atoms with Crippen LogP contribution in [-0.4, -0.2) is 33.7 Å². The zero-order valence-electron chi connectivity index (χ0n) is 16.1. The SMILES string of the molecule is CCNC(=NCc1ccc(OCC)c(C)c1)NCc1nnc2ccccn12. The van der Waals surface area contributed by atoms with Crippen molar-refractivity contribution in [1.29, 1.82) is 0 Å². The summed E-state index contributed by atoms with van der Waals surface area (Å²) in [5, 5.41) is 15.0. The average molecular weight is 366 g/mol. The summed E-state index contributed by atoms with van der Waals surface area (Å²) in [4.78, 5) is 4.68. The fraction of sp³-hybridized carbons (Fsp3) is 0.350. The molecule has 3 rings (SSSR count). The minimum absolute atomic E-state index is 0.541. The Bertz CT molecular complexity index is 918. The molecule has 3 aromatic rings. The summed E-state index contributed by atoms with van der Waals surface area (Å²) >= 11 is 0. The Morgan fingerprint density at radius 2 is 2.04 bits per heavy atom. The van der Waals surface area contributed by atoms with Crippen LogP contribution in [0.1, 0.15) is 30.8 Å². The predicted molar refractivity (Wildman–Crippen MR) is 107 cm³/mol. The van der Waals surface area contributed by atoms with E-state index in [-0.39, 0.29) is 0 Å². The molecule has 0 saturated carbocycles. The number of aromatic nitrogens is 3. The molecule has 2 N–H and O–H groups in total. The van der Waals surface area contributed by atoms with Gasteiger partial charge in [0.25, 0.3) is 0 Å². The number of fused-ring (bicyclic) bond motifs is 1. The molecule has 0 aliphatic rings. The topological polar surface area (TPSA) is 75.8 Å². The van der Waals surface area contributed by atoms with Crippen LogP contribution in [0.15, 0.2) is 47.6 Å². The van der Waals surface area contributed by atoms with Gasteiger partial charge in [0.2, 0.25) is 0 Å². The number of aryl methyl sites for hydroxylation is 1. The fourth-order valence-electron chi connectivity index (χ4n) is 2.81. The van der Waals surface area contributed by atoms with E-state index in [0.29, 0.717) is 19.7 Å². The molecule has 0 fully saturated rings. The van der Waals surface area contributed by atoms with Crippen molar-refractivity contribution in [3.05, 3.63) is 59.5 Å². The first kappa shape index (κ1) is 18.7. The van der Waals surface area contributed by atoms with E-state index in [9.17, 15) is 0 Å². The Labute approximate surface area is 159 Å². The molecule has 142 valence electrons. The molecular weight excluding hydrogens is 340 g/mol. The number of nitrogens with one attached hydrogen (secondary N) is 2. The predicted octanol–water partition coefficient (Wildman–Crippen LogP) is 2.69. The van der Waals surface area contributed by atoms with Crippen molar-refractivity contribution < 1.29 is 4.74 Å². The molecule has 0 atom stereocenters. The third-order valence-electron chi connectivity index (χ3n) is 4.10. The maximum absolute atomic E-state index is 5.60. The van der Waals surface area contributed by atoms with Gasteiger partial charge >= 0.3 is 0 Å². The highest BCUT2D eigenvalue weighted by Gasteiger charge is 2.06. The minimum atomic E-state index is 0.541. The average Bonchev–Trinajstić information content (AvgIpc) is 3.09. The summed E-state index contributed by atoms with van der Waals surface area (Å²) < 4.78 is 7.56. The number of guanidine groups is 1. The molecule has 7 nitrogen and oxygen atoms in total. The first-order valence-corrected chi connectivity index (χ1v) is 9.24.